The molecule has 0 aliphatic rings. The molecule has 0 saturated heterocycles. The van der Waals surface area contributed by atoms with Crippen LogP contribution in [-0.4, -0.2) is 0 Å². The van der Waals surface area contributed by atoms with Gasteiger partial charge in [-0.3, -0.25) is 0 Å². The molecule has 37 heavy (non-hydrogen) atoms. The molecule has 0 amide bonds. The van der Waals surface area contributed by atoms with Crippen molar-refractivity contribution in [1.29, 1.82) is 0 Å². The molecule has 5 aromatic rings. The molecule has 0 saturated carbocycles. The topological polar surface area (TPSA) is 3.24 Å². The Morgan fingerprint density at radius 1 is 0.378 bits per heavy atom. The van der Waals surface area contributed by atoms with Crippen LogP contribution in [0.15, 0.2) is 103 Å². The molecular weight excluding hydrogens is 446 g/mol. The molecule has 0 unspecified atom stereocenters. The molecule has 0 aliphatic carbocycles. The zero-order valence-corrected chi connectivity index (χ0v) is 22.8. The molecule has 0 aliphatic heterocycles. The van der Waals surface area contributed by atoms with E-state index in [1.807, 2.05) is 0 Å². The summed E-state index contributed by atoms with van der Waals surface area (Å²) in [6, 6.07) is 38.0. The van der Waals surface area contributed by atoms with E-state index < -0.39 is 0 Å². The Kier molecular flexibility index (Phi) is 6.72. The molecule has 1 nitrogen and oxygen atoms in total. The van der Waals surface area contributed by atoms with Gasteiger partial charge in [-0.15, -0.1) is 0 Å². The van der Waals surface area contributed by atoms with Crippen molar-refractivity contribution < 1.29 is 0 Å². The molecular formula is C36H35N. The average molecular weight is 482 g/mol. The monoisotopic (exact) mass is 481 g/mol. The van der Waals surface area contributed by atoms with Crippen LogP contribution in [0, 0.1) is 41.5 Å². The number of rotatable bonds is 5. The Morgan fingerprint density at radius 2 is 0.757 bits per heavy atom. The fraction of sp³-hybridized carbons (Fsp3) is 0.167. The number of hydrogen-bond donors (Lipinski definition) is 0. The molecule has 1 heteroatoms. The van der Waals surface area contributed by atoms with Gasteiger partial charge in [0.25, 0.3) is 0 Å². The number of hydrogen-bond acceptors (Lipinski definition) is 1. The smallest absolute Gasteiger partial charge is 0.0490 e. The van der Waals surface area contributed by atoms with Crippen molar-refractivity contribution in [2.75, 3.05) is 4.90 Å². The summed E-state index contributed by atoms with van der Waals surface area (Å²) in [4.78, 5) is 2.37. The SMILES string of the molecule is Cc1ccc(-c2ccc(N(c3ccc(-c4ccc(C)cc4C)cc3)c3ccc(C)cc3C)cc2)c(C)c1. The van der Waals surface area contributed by atoms with Crippen LogP contribution in [0.3, 0.4) is 0 Å². The van der Waals surface area contributed by atoms with E-state index in [4.69, 9.17) is 0 Å². The van der Waals surface area contributed by atoms with Crippen molar-refractivity contribution in [3.8, 4) is 22.3 Å². The van der Waals surface area contributed by atoms with Gasteiger partial charge in [0.05, 0.1) is 0 Å². The zero-order valence-electron chi connectivity index (χ0n) is 22.8. The van der Waals surface area contributed by atoms with Crippen LogP contribution in [0.25, 0.3) is 22.3 Å². The van der Waals surface area contributed by atoms with E-state index >= 15 is 0 Å². The van der Waals surface area contributed by atoms with Crippen LogP contribution < -0.4 is 4.90 Å². The van der Waals surface area contributed by atoms with Gasteiger partial charge in [0.1, 0.15) is 0 Å². The van der Waals surface area contributed by atoms with Crippen molar-refractivity contribution in [2.24, 2.45) is 0 Å². The molecule has 0 spiro atoms. The maximum absolute atomic E-state index is 2.37. The van der Waals surface area contributed by atoms with E-state index in [1.165, 1.54) is 61.3 Å². The molecule has 0 atom stereocenters. The van der Waals surface area contributed by atoms with Gasteiger partial charge in [-0.1, -0.05) is 89.5 Å². The predicted octanol–water partition coefficient (Wildman–Crippen LogP) is 10.3. The normalized spacial score (nSPS) is 11.0. The van der Waals surface area contributed by atoms with E-state index in [-0.39, 0.29) is 0 Å². The first kappa shape index (κ1) is 24.6. The lowest BCUT2D eigenvalue weighted by Gasteiger charge is -2.28. The second-order valence-corrected chi connectivity index (χ2v) is 10.4. The maximum atomic E-state index is 2.37. The first-order valence-electron chi connectivity index (χ1n) is 13.0. The van der Waals surface area contributed by atoms with Crippen molar-refractivity contribution >= 4 is 17.1 Å². The highest BCUT2D eigenvalue weighted by atomic mass is 15.1. The summed E-state index contributed by atoms with van der Waals surface area (Å²) in [5.41, 5.74) is 16.3. The van der Waals surface area contributed by atoms with E-state index in [9.17, 15) is 0 Å². The zero-order chi connectivity index (χ0) is 26.1. The Balaban J connectivity index is 1.57. The fourth-order valence-electron chi connectivity index (χ4n) is 5.34. The Bertz CT molecular complexity index is 1460. The fourth-order valence-corrected chi connectivity index (χ4v) is 5.34. The highest BCUT2D eigenvalue weighted by Gasteiger charge is 2.16. The number of aryl methyl sites for hydroxylation is 6. The predicted molar refractivity (Wildman–Crippen MR) is 160 cm³/mol. The van der Waals surface area contributed by atoms with E-state index in [0.29, 0.717) is 0 Å². The molecule has 184 valence electrons. The van der Waals surface area contributed by atoms with Crippen LogP contribution in [0.1, 0.15) is 33.4 Å². The van der Waals surface area contributed by atoms with Gasteiger partial charge in [-0.2, -0.15) is 0 Å². The number of anilines is 3. The first-order valence-corrected chi connectivity index (χ1v) is 13.0. The summed E-state index contributed by atoms with van der Waals surface area (Å²) in [5, 5.41) is 0. The van der Waals surface area contributed by atoms with Crippen LogP contribution in [0.2, 0.25) is 0 Å². The summed E-state index contributed by atoms with van der Waals surface area (Å²) in [6.45, 7) is 13.0. The van der Waals surface area contributed by atoms with Gasteiger partial charge < -0.3 is 4.90 Å². The Hall–Kier alpha value is -4.10. The minimum absolute atomic E-state index is 1.15. The van der Waals surface area contributed by atoms with E-state index in [1.54, 1.807) is 0 Å². The molecule has 5 aromatic carbocycles. The van der Waals surface area contributed by atoms with Crippen molar-refractivity contribution in [3.05, 3.63) is 137 Å². The molecule has 0 heterocycles. The second kappa shape index (κ2) is 10.1. The third-order valence-electron chi connectivity index (χ3n) is 7.23. The standard InChI is InChI=1S/C36H35N/c1-24-7-18-34(27(4)21-24)30-10-14-32(15-11-30)37(36-20-9-26(3)23-29(36)6)33-16-12-31(13-17-33)35-19-8-25(2)22-28(35)5/h7-23H,1-6H3. The van der Waals surface area contributed by atoms with Gasteiger partial charge in [0.15, 0.2) is 0 Å². The Morgan fingerprint density at radius 3 is 1.14 bits per heavy atom. The summed E-state index contributed by atoms with van der Waals surface area (Å²) >= 11 is 0. The average Bonchev–Trinajstić information content (AvgIpc) is 2.87. The van der Waals surface area contributed by atoms with Crippen LogP contribution in [-0.2, 0) is 0 Å². The van der Waals surface area contributed by atoms with Crippen molar-refractivity contribution in [2.45, 2.75) is 41.5 Å². The molecule has 0 aromatic heterocycles. The van der Waals surface area contributed by atoms with E-state index in [2.05, 4.69) is 150 Å². The van der Waals surface area contributed by atoms with Gasteiger partial charge in [-0.05, 0) is 111 Å². The summed E-state index contributed by atoms with van der Waals surface area (Å²) in [5.74, 6) is 0. The quantitative estimate of drug-likeness (QED) is 0.241. The van der Waals surface area contributed by atoms with Crippen molar-refractivity contribution in [1.82, 2.24) is 0 Å². The van der Waals surface area contributed by atoms with Crippen molar-refractivity contribution in [3.63, 3.8) is 0 Å². The number of nitrogens with zero attached hydrogens (tertiary/aromatic N) is 1. The lowest BCUT2D eigenvalue weighted by molar-refractivity contribution is 1.24. The van der Waals surface area contributed by atoms with Gasteiger partial charge in [0, 0.05) is 17.1 Å². The van der Waals surface area contributed by atoms with E-state index in [0.717, 1.165) is 11.4 Å². The minimum atomic E-state index is 1.15. The molecule has 5 rings (SSSR count). The maximum Gasteiger partial charge on any atom is 0.0490 e. The minimum Gasteiger partial charge on any atom is -0.310 e. The largest absolute Gasteiger partial charge is 0.310 e. The number of benzene rings is 5. The lowest BCUT2D eigenvalue weighted by atomic mass is 9.97. The molecule has 0 N–H and O–H groups in total. The first-order chi connectivity index (χ1) is 17.8. The molecule has 0 bridgehead atoms. The van der Waals surface area contributed by atoms with Crippen LogP contribution >= 0.6 is 0 Å². The lowest BCUT2D eigenvalue weighted by Crippen LogP contribution is -2.11. The van der Waals surface area contributed by atoms with Gasteiger partial charge in [-0.25, -0.2) is 0 Å². The van der Waals surface area contributed by atoms with Gasteiger partial charge >= 0.3 is 0 Å². The summed E-state index contributed by atoms with van der Waals surface area (Å²) < 4.78 is 0. The summed E-state index contributed by atoms with van der Waals surface area (Å²) in [7, 11) is 0. The van der Waals surface area contributed by atoms with Crippen LogP contribution in [0.5, 0.6) is 0 Å². The second-order valence-electron chi connectivity index (χ2n) is 10.4. The third-order valence-corrected chi connectivity index (χ3v) is 7.23. The Labute approximate surface area is 222 Å². The van der Waals surface area contributed by atoms with Crippen LogP contribution in [0.4, 0.5) is 17.1 Å². The highest BCUT2D eigenvalue weighted by molar-refractivity contribution is 5.81. The molecule has 0 fully saturated rings. The van der Waals surface area contributed by atoms with Gasteiger partial charge in [0.2, 0.25) is 0 Å². The third kappa shape index (κ3) is 5.08. The highest BCUT2D eigenvalue weighted by Crippen LogP contribution is 2.39. The summed E-state index contributed by atoms with van der Waals surface area (Å²) in [6.07, 6.45) is 0. The molecule has 0 radical (unpaired) electrons.